The SMILES string of the molecule is C=CCOC(=O)c1cc2cc(C(F)P(Oc3ccccc3)N3CCCC3C(=O)OCCC)ccc2s1. The molecule has 0 radical (unpaired) electrons. The molecule has 2 heterocycles. The van der Waals surface area contributed by atoms with Crippen LogP contribution in [0.25, 0.3) is 10.1 Å². The van der Waals surface area contributed by atoms with Gasteiger partial charge in [0.25, 0.3) is 0 Å². The monoisotopic (exact) mass is 529 g/mol. The van der Waals surface area contributed by atoms with Crippen molar-refractivity contribution in [3.05, 3.63) is 77.7 Å². The lowest BCUT2D eigenvalue weighted by Gasteiger charge is -2.33. The zero-order chi connectivity index (χ0) is 25.5. The molecular weight excluding hydrogens is 500 g/mol. The van der Waals surface area contributed by atoms with Crippen LogP contribution in [0.3, 0.4) is 0 Å². The molecule has 0 aliphatic carbocycles. The molecule has 2 aromatic carbocycles. The van der Waals surface area contributed by atoms with Gasteiger partial charge in [-0.05, 0) is 60.5 Å². The van der Waals surface area contributed by atoms with E-state index in [1.165, 1.54) is 17.4 Å². The zero-order valence-electron chi connectivity index (χ0n) is 20.1. The van der Waals surface area contributed by atoms with E-state index >= 15 is 4.39 Å². The summed E-state index contributed by atoms with van der Waals surface area (Å²) in [5.41, 5.74) is 0.431. The van der Waals surface area contributed by atoms with Gasteiger partial charge in [-0.15, -0.1) is 11.3 Å². The van der Waals surface area contributed by atoms with Gasteiger partial charge in [0.05, 0.1) is 6.61 Å². The van der Waals surface area contributed by atoms with Crippen molar-refractivity contribution in [1.82, 2.24) is 4.67 Å². The molecule has 9 heteroatoms. The first-order chi connectivity index (χ1) is 17.5. The second-order valence-corrected chi connectivity index (χ2v) is 11.2. The van der Waals surface area contributed by atoms with Gasteiger partial charge in [-0.1, -0.05) is 43.8 Å². The second-order valence-electron chi connectivity index (χ2n) is 8.33. The first-order valence-electron chi connectivity index (χ1n) is 11.9. The van der Waals surface area contributed by atoms with Crippen molar-refractivity contribution in [3.63, 3.8) is 0 Å². The summed E-state index contributed by atoms with van der Waals surface area (Å²) in [5.74, 6) is -1.71. The Balaban J connectivity index is 1.62. The lowest BCUT2D eigenvalue weighted by Crippen LogP contribution is -2.35. The highest BCUT2D eigenvalue weighted by molar-refractivity contribution is 7.50. The summed E-state index contributed by atoms with van der Waals surface area (Å²) >= 11 is 1.30. The number of carbonyl (C=O) groups excluding carboxylic acids is 2. The molecule has 36 heavy (non-hydrogen) atoms. The van der Waals surface area contributed by atoms with Crippen molar-refractivity contribution in [3.8, 4) is 5.75 Å². The number of hydrogen-bond acceptors (Lipinski definition) is 7. The number of carbonyl (C=O) groups is 2. The Morgan fingerprint density at radius 3 is 2.78 bits per heavy atom. The van der Waals surface area contributed by atoms with E-state index in [-0.39, 0.29) is 12.6 Å². The van der Waals surface area contributed by atoms with Gasteiger partial charge in [0.1, 0.15) is 23.3 Å². The predicted octanol–water partition coefficient (Wildman–Crippen LogP) is 7.02. The molecule has 0 spiro atoms. The van der Waals surface area contributed by atoms with Crippen LogP contribution in [-0.4, -0.2) is 42.4 Å². The maximum absolute atomic E-state index is 16.3. The van der Waals surface area contributed by atoms with Crippen LogP contribution < -0.4 is 4.52 Å². The van der Waals surface area contributed by atoms with Crippen molar-refractivity contribution in [2.75, 3.05) is 19.8 Å². The van der Waals surface area contributed by atoms with Crippen LogP contribution in [-0.2, 0) is 14.3 Å². The Hall–Kier alpha value is -2.80. The van der Waals surface area contributed by atoms with Crippen molar-refractivity contribution >= 4 is 41.7 Å². The molecule has 3 unspecified atom stereocenters. The fourth-order valence-electron chi connectivity index (χ4n) is 3.99. The molecule has 1 saturated heterocycles. The Kier molecular flexibility index (Phi) is 9.08. The quantitative estimate of drug-likeness (QED) is 0.151. The van der Waals surface area contributed by atoms with Crippen molar-refractivity contribution in [2.24, 2.45) is 0 Å². The van der Waals surface area contributed by atoms with Crippen LogP contribution in [0.4, 0.5) is 4.39 Å². The van der Waals surface area contributed by atoms with E-state index in [9.17, 15) is 9.59 Å². The number of rotatable bonds is 11. The summed E-state index contributed by atoms with van der Waals surface area (Å²) in [7, 11) is -1.86. The van der Waals surface area contributed by atoms with Crippen LogP contribution in [0.2, 0.25) is 0 Å². The maximum atomic E-state index is 16.3. The van der Waals surface area contributed by atoms with Gasteiger partial charge in [-0.3, -0.25) is 4.79 Å². The minimum atomic E-state index is -1.86. The van der Waals surface area contributed by atoms with Crippen molar-refractivity contribution in [2.45, 2.75) is 38.1 Å². The topological polar surface area (TPSA) is 65.1 Å². The van der Waals surface area contributed by atoms with E-state index in [1.807, 2.05) is 29.8 Å². The van der Waals surface area contributed by atoms with Crippen LogP contribution >= 0.6 is 19.6 Å². The Bertz CT molecular complexity index is 1200. The van der Waals surface area contributed by atoms with E-state index in [1.54, 1.807) is 36.4 Å². The molecule has 1 aliphatic heterocycles. The molecule has 0 bridgehead atoms. The number of ether oxygens (including phenoxy) is 2. The number of esters is 2. The third-order valence-electron chi connectivity index (χ3n) is 5.68. The number of hydrogen-bond donors (Lipinski definition) is 0. The van der Waals surface area contributed by atoms with E-state index in [0.29, 0.717) is 35.8 Å². The molecule has 1 aliphatic rings. The third kappa shape index (κ3) is 6.12. The summed E-state index contributed by atoms with van der Waals surface area (Å²) in [6.07, 6.45) is 3.60. The van der Waals surface area contributed by atoms with Crippen LogP contribution in [0.5, 0.6) is 5.75 Å². The first kappa shape index (κ1) is 26.3. The summed E-state index contributed by atoms with van der Waals surface area (Å²) in [4.78, 5) is 25.5. The van der Waals surface area contributed by atoms with Gasteiger partial charge < -0.3 is 14.0 Å². The summed E-state index contributed by atoms with van der Waals surface area (Å²) < 4.78 is 35.7. The molecule has 190 valence electrons. The predicted molar refractivity (Wildman–Crippen MR) is 141 cm³/mol. The number of nitrogens with zero attached hydrogens (tertiary/aromatic N) is 1. The molecule has 1 fully saturated rings. The highest BCUT2D eigenvalue weighted by Gasteiger charge is 2.43. The minimum Gasteiger partial charge on any atom is -0.465 e. The van der Waals surface area contributed by atoms with E-state index in [0.717, 1.165) is 22.9 Å². The van der Waals surface area contributed by atoms with Gasteiger partial charge in [-0.2, -0.15) is 0 Å². The van der Waals surface area contributed by atoms with E-state index in [2.05, 4.69) is 6.58 Å². The van der Waals surface area contributed by atoms with Crippen LogP contribution in [0.15, 0.2) is 67.3 Å². The molecule has 3 aromatic rings. The number of benzene rings is 2. The number of thiophene rings is 1. The molecule has 0 N–H and O–H groups in total. The normalized spacial score (nSPS) is 17.4. The third-order valence-corrected chi connectivity index (χ3v) is 8.85. The smallest absolute Gasteiger partial charge is 0.348 e. The Morgan fingerprint density at radius 2 is 2.03 bits per heavy atom. The fraction of sp³-hybridized carbons (Fsp3) is 0.333. The van der Waals surface area contributed by atoms with E-state index < -0.39 is 26.2 Å². The van der Waals surface area contributed by atoms with Crippen molar-refractivity contribution < 1.29 is 28.0 Å². The molecule has 3 atom stereocenters. The Labute approximate surface area is 215 Å². The van der Waals surface area contributed by atoms with Gasteiger partial charge in [-0.25, -0.2) is 13.9 Å². The zero-order valence-corrected chi connectivity index (χ0v) is 21.8. The number of para-hydroxylation sites is 1. The highest BCUT2D eigenvalue weighted by atomic mass is 32.1. The lowest BCUT2D eigenvalue weighted by atomic mass is 10.2. The fourth-order valence-corrected chi connectivity index (χ4v) is 6.96. The van der Waals surface area contributed by atoms with Crippen molar-refractivity contribution in [1.29, 1.82) is 0 Å². The molecular formula is C27H29FNO5PS. The molecule has 4 rings (SSSR count). The lowest BCUT2D eigenvalue weighted by molar-refractivity contribution is -0.147. The minimum absolute atomic E-state index is 0.129. The summed E-state index contributed by atoms with van der Waals surface area (Å²) in [6, 6.07) is 15.5. The first-order valence-corrected chi connectivity index (χ1v) is 14.0. The van der Waals surface area contributed by atoms with Gasteiger partial charge in [0, 0.05) is 11.2 Å². The highest BCUT2D eigenvalue weighted by Crippen LogP contribution is 2.58. The second kappa shape index (κ2) is 12.4. The average Bonchev–Trinajstić information content (AvgIpc) is 3.56. The maximum Gasteiger partial charge on any atom is 0.348 e. The van der Waals surface area contributed by atoms with Gasteiger partial charge in [0.2, 0.25) is 8.30 Å². The molecule has 1 aromatic heterocycles. The standard InChI is InChI=1S/C27H29FNO5PS/c1-3-15-32-26(30)22-11-8-14-29(22)35(34-21-9-6-5-7-10-21)25(28)19-12-13-23-20(17-19)18-24(36-23)27(31)33-16-4-2/h4-7,9-10,12-13,17-18,22,25H,2-3,8,11,14-16H2,1H3. The largest absolute Gasteiger partial charge is 0.465 e. The summed E-state index contributed by atoms with van der Waals surface area (Å²) in [6.45, 7) is 6.50. The number of alkyl halides is 1. The molecule has 0 amide bonds. The van der Waals surface area contributed by atoms with Crippen LogP contribution in [0, 0.1) is 0 Å². The molecule has 6 nitrogen and oxygen atoms in total. The number of fused-ring (bicyclic) bond motifs is 1. The Morgan fingerprint density at radius 1 is 1.22 bits per heavy atom. The average molecular weight is 530 g/mol. The summed E-state index contributed by atoms with van der Waals surface area (Å²) in [5, 5.41) is 0.751. The van der Waals surface area contributed by atoms with Crippen LogP contribution in [0.1, 0.15) is 47.3 Å². The van der Waals surface area contributed by atoms with Gasteiger partial charge >= 0.3 is 11.9 Å². The number of halogens is 1. The van der Waals surface area contributed by atoms with Gasteiger partial charge in [0.15, 0.2) is 5.91 Å². The van der Waals surface area contributed by atoms with E-state index in [4.69, 9.17) is 14.0 Å². The molecule has 0 saturated carbocycles.